The highest BCUT2D eigenvalue weighted by molar-refractivity contribution is 6.00. The van der Waals surface area contributed by atoms with E-state index in [0.29, 0.717) is 16.9 Å². The lowest BCUT2D eigenvalue weighted by Crippen LogP contribution is -2.17. The maximum absolute atomic E-state index is 14.2. The minimum Gasteiger partial charge on any atom is -0.492 e. The molecular weight excluding hydrogens is 309 g/mol. The highest BCUT2D eigenvalue weighted by Gasteiger charge is 2.25. The van der Waals surface area contributed by atoms with E-state index in [4.69, 9.17) is 9.47 Å². The van der Waals surface area contributed by atoms with Crippen molar-refractivity contribution in [3.05, 3.63) is 58.4 Å². The molecular formula is C17H13F3O3. The van der Waals surface area contributed by atoms with E-state index in [0.717, 1.165) is 18.2 Å². The average molecular weight is 322 g/mol. The first-order valence-corrected chi connectivity index (χ1v) is 7.03. The van der Waals surface area contributed by atoms with Crippen LogP contribution in [-0.2, 0) is 6.61 Å². The van der Waals surface area contributed by atoms with Crippen molar-refractivity contribution in [1.29, 1.82) is 0 Å². The molecule has 0 bridgehead atoms. The number of carbonyl (C=O) groups excluding carboxylic acids is 1. The number of Topliss-reactive ketones (excluding diaryl/α,β-unsaturated/α-hetero) is 1. The van der Waals surface area contributed by atoms with Crippen LogP contribution in [0.2, 0.25) is 0 Å². The molecule has 2 aromatic rings. The lowest BCUT2D eigenvalue weighted by Gasteiger charge is -2.21. The standard InChI is InChI=1S/C17H13F3O3/c1-9-16-11(15(21)4-5-22-16)7-14(20)17(9)23-8-10-2-3-12(18)13(19)6-10/h2-3,6-7H,4-5,8H2,1H3. The average Bonchev–Trinajstić information content (AvgIpc) is 2.52. The summed E-state index contributed by atoms with van der Waals surface area (Å²) in [5, 5.41) is 0. The van der Waals surface area contributed by atoms with Crippen LogP contribution in [0, 0.1) is 24.4 Å². The van der Waals surface area contributed by atoms with Crippen molar-refractivity contribution in [2.45, 2.75) is 20.0 Å². The molecule has 0 amide bonds. The Morgan fingerprint density at radius 1 is 1.13 bits per heavy atom. The third kappa shape index (κ3) is 2.88. The van der Waals surface area contributed by atoms with E-state index in [2.05, 4.69) is 0 Å². The Bertz CT molecular complexity index is 787. The molecule has 1 aliphatic heterocycles. The number of ketones is 1. The molecule has 3 rings (SSSR count). The molecule has 0 aromatic heterocycles. The van der Waals surface area contributed by atoms with E-state index in [1.54, 1.807) is 6.92 Å². The summed E-state index contributed by atoms with van der Waals surface area (Å²) < 4.78 is 51.1. The fourth-order valence-corrected chi connectivity index (χ4v) is 2.48. The number of fused-ring (bicyclic) bond motifs is 1. The van der Waals surface area contributed by atoms with E-state index in [1.807, 2.05) is 0 Å². The van der Waals surface area contributed by atoms with Gasteiger partial charge in [0, 0.05) is 12.0 Å². The number of carbonyl (C=O) groups is 1. The molecule has 3 nitrogen and oxygen atoms in total. The van der Waals surface area contributed by atoms with Crippen LogP contribution in [-0.4, -0.2) is 12.4 Å². The molecule has 0 aliphatic carbocycles. The zero-order chi connectivity index (χ0) is 16.6. The Balaban J connectivity index is 1.88. The molecule has 1 heterocycles. The Kier molecular flexibility index (Phi) is 3.98. The predicted molar refractivity (Wildman–Crippen MR) is 76.3 cm³/mol. The largest absolute Gasteiger partial charge is 0.492 e. The second-order valence-electron chi connectivity index (χ2n) is 5.25. The van der Waals surface area contributed by atoms with Gasteiger partial charge < -0.3 is 9.47 Å². The van der Waals surface area contributed by atoms with Gasteiger partial charge in [0.2, 0.25) is 0 Å². The topological polar surface area (TPSA) is 35.5 Å². The molecule has 0 N–H and O–H groups in total. The second kappa shape index (κ2) is 5.95. The fraction of sp³-hybridized carbons (Fsp3) is 0.235. The summed E-state index contributed by atoms with van der Waals surface area (Å²) >= 11 is 0. The van der Waals surface area contributed by atoms with Gasteiger partial charge in [0.05, 0.1) is 12.2 Å². The van der Waals surface area contributed by atoms with Crippen LogP contribution in [0.5, 0.6) is 11.5 Å². The van der Waals surface area contributed by atoms with Gasteiger partial charge in [-0.3, -0.25) is 4.79 Å². The fourth-order valence-electron chi connectivity index (χ4n) is 2.48. The predicted octanol–water partition coefficient (Wildman–Crippen LogP) is 3.96. The third-order valence-electron chi connectivity index (χ3n) is 3.66. The normalized spacial score (nSPS) is 13.5. The third-order valence-corrected chi connectivity index (χ3v) is 3.66. The quantitative estimate of drug-likeness (QED) is 0.858. The van der Waals surface area contributed by atoms with Crippen molar-refractivity contribution in [1.82, 2.24) is 0 Å². The highest BCUT2D eigenvalue weighted by atomic mass is 19.2. The van der Waals surface area contributed by atoms with Crippen LogP contribution in [0.3, 0.4) is 0 Å². The van der Waals surface area contributed by atoms with Gasteiger partial charge in [0.25, 0.3) is 0 Å². The van der Waals surface area contributed by atoms with Gasteiger partial charge in [-0.1, -0.05) is 6.07 Å². The maximum Gasteiger partial charge on any atom is 0.170 e. The number of hydrogen-bond donors (Lipinski definition) is 0. The minimum absolute atomic E-state index is 0.0665. The molecule has 0 spiro atoms. The van der Waals surface area contributed by atoms with Crippen LogP contribution < -0.4 is 9.47 Å². The van der Waals surface area contributed by atoms with Crippen LogP contribution in [0.25, 0.3) is 0 Å². The number of ether oxygens (including phenoxy) is 2. The minimum atomic E-state index is -0.998. The molecule has 120 valence electrons. The molecule has 2 aromatic carbocycles. The monoisotopic (exact) mass is 322 g/mol. The van der Waals surface area contributed by atoms with E-state index < -0.39 is 17.5 Å². The first kappa shape index (κ1) is 15.4. The summed E-state index contributed by atoms with van der Waals surface area (Å²) in [6.07, 6.45) is 0.209. The first-order valence-electron chi connectivity index (χ1n) is 7.03. The summed E-state index contributed by atoms with van der Waals surface area (Å²) in [6.45, 7) is 1.68. The molecule has 1 aliphatic rings. The van der Waals surface area contributed by atoms with Gasteiger partial charge in [-0.2, -0.15) is 0 Å². The molecule has 0 fully saturated rings. The number of rotatable bonds is 3. The SMILES string of the molecule is Cc1c(OCc2ccc(F)c(F)c2)c(F)cc2c1OCCC2=O. The van der Waals surface area contributed by atoms with Gasteiger partial charge in [0.15, 0.2) is 29.0 Å². The van der Waals surface area contributed by atoms with E-state index >= 15 is 0 Å². The lowest BCUT2D eigenvalue weighted by molar-refractivity contribution is 0.0931. The maximum atomic E-state index is 14.2. The van der Waals surface area contributed by atoms with Gasteiger partial charge in [-0.25, -0.2) is 13.2 Å². The number of hydrogen-bond acceptors (Lipinski definition) is 3. The van der Waals surface area contributed by atoms with Crippen molar-refractivity contribution >= 4 is 5.78 Å². The van der Waals surface area contributed by atoms with Crippen molar-refractivity contribution in [3.8, 4) is 11.5 Å². The summed E-state index contributed by atoms with van der Waals surface area (Å²) in [4.78, 5) is 11.8. The van der Waals surface area contributed by atoms with Crippen LogP contribution >= 0.6 is 0 Å². The lowest BCUT2D eigenvalue weighted by atomic mass is 10.0. The Morgan fingerprint density at radius 2 is 1.91 bits per heavy atom. The molecule has 0 atom stereocenters. The number of benzene rings is 2. The summed E-state index contributed by atoms with van der Waals surface area (Å²) in [7, 11) is 0. The zero-order valence-corrected chi connectivity index (χ0v) is 12.3. The molecule has 0 saturated carbocycles. The van der Waals surface area contributed by atoms with Crippen LogP contribution in [0.1, 0.15) is 27.9 Å². The van der Waals surface area contributed by atoms with Gasteiger partial charge in [-0.15, -0.1) is 0 Å². The molecule has 0 unspecified atom stereocenters. The second-order valence-corrected chi connectivity index (χ2v) is 5.25. The van der Waals surface area contributed by atoms with E-state index in [-0.39, 0.29) is 36.7 Å². The molecule has 23 heavy (non-hydrogen) atoms. The Labute approximate surface area is 130 Å². The summed E-state index contributed by atoms with van der Waals surface area (Å²) in [5.74, 6) is -2.59. The van der Waals surface area contributed by atoms with Gasteiger partial charge in [0.1, 0.15) is 12.4 Å². The Morgan fingerprint density at radius 3 is 2.65 bits per heavy atom. The van der Waals surface area contributed by atoms with Crippen molar-refractivity contribution in [2.24, 2.45) is 0 Å². The van der Waals surface area contributed by atoms with Gasteiger partial charge >= 0.3 is 0 Å². The highest BCUT2D eigenvalue weighted by Crippen LogP contribution is 2.37. The van der Waals surface area contributed by atoms with Gasteiger partial charge in [-0.05, 0) is 30.7 Å². The molecule has 6 heteroatoms. The van der Waals surface area contributed by atoms with E-state index in [1.165, 1.54) is 6.07 Å². The molecule has 0 radical (unpaired) electrons. The van der Waals surface area contributed by atoms with Crippen molar-refractivity contribution in [2.75, 3.05) is 6.61 Å². The van der Waals surface area contributed by atoms with Crippen molar-refractivity contribution in [3.63, 3.8) is 0 Å². The first-order chi connectivity index (χ1) is 11.0. The summed E-state index contributed by atoms with van der Waals surface area (Å²) in [5.41, 5.74) is 0.930. The van der Waals surface area contributed by atoms with E-state index in [9.17, 15) is 18.0 Å². The van der Waals surface area contributed by atoms with Crippen LogP contribution in [0.4, 0.5) is 13.2 Å². The smallest absolute Gasteiger partial charge is 0.170 e. The zero-order valence-electron chi connectivity index (χ0n) is 12.3. The summed E-state index contributed by atoms with van der Waals surface area (Å²) in [6, 6.07) is 4.40. The Hall–Kier alpha value is -2.50. The van der Waals surface area contributed by atoms with Crippen LogP contribution in [0.15, 0.2) is 24.3 Å². The molecule has 0 saturated heterocycles. The van der Waals surface area contributed by atoms with Crippen molar-refractivity contribution < 1.29 is 27.4 Å². The number of halogens is 3.